The molecule has 0 aromatic heterocycles. The van der Waals surface area contributed by atoms with Crippen molar-refractivity contribution < 1.29 is 18.0 Å². The van der Waals surface area contributed by atoms with Gasteiger partial charge in [-0.05, 0) is 14.0 Å². The van der Waals surface area contributed by atoms with E-state index in [1.165, 1.54) is 14.0 Å². The largest absolute Gasteiger partial charge is 0.405 e. The Labute approximate surface area is 80.5 Å². The number of carbonyl (C=O) groups is 1. The number of nitrogens with one attached hydrogen (secondary N) is 2. The van der Waals surface area contributed by atoms with Crippen LogP contribution in [0.2, 0.25) is 0 Å². The normalized spacial score (nSPS) is 13.0. The quantitative estimate of drug-likeness (QED) is 0.735. The number of hydrogen-bond donors (Lipinski definition) is 2. The predicted octanol–water partition coefficient (Wildman–Crippen LogP) is 0.695. The van der Waals surface area contributed by atoms with Gasteiger partial charge < -0.3 is 10.6 Å². The maximum Gasteiger partial charge on any atom is 0.405 e. The Hall–Kier alpha value is -0.490. The summed E-state index contributed by atoms with van der Waals surface area (Å²) in [5.74, 6) is -0.658. The van der Waals surface area contributed by atoms with Crippen molar-refractivity contribution in [2.45, 2.75) is 19.1 Å². The number of rotatable bonds is 3. The number of halogens is 4. The van der Waals surface area contributed by atoms with Gasteiger partial charge in [-0.1, -0.05) is 0 Å². The molecule has 0 aromatic carbocycles. The summed E-state index contributed by atoms with van der Waals surface area (Å²) < 4.78 is 34.6. The van der Waals surface area contributed by atoms with E-state index in [1.54, 1.807) is 5.32 Å². The Bertz CT molecular complexity index is 162. The lowest BCUT2D eigenvalue weighted by atomic mass is 10.3. The van der Waals surface area contributed by atoms with Crippen LogP contribution in [0.4, 0.5) is 13.2 Å². The average molecular weight is 221 g/mol. The molecule has 0 radical (unpaired) electrons. The number of carbonyl (C=O) groups excluding carboxylic acids is 1. The Morgan fingerprint density at radius 1 is 1.46 bits per heavy atom. The maximum atomic E-state index is 11.5. The molecule has 0 aliphatic heterocycles. The molecule has 0 saturated heterocycles. The zero-order valence-electron chi connectivity index (χ0n) is 7.23. The minimum Gasteiger partial charge on any atom is -0.346 e. The maximum absolute atomic E-state index is 11.5. The Kier molecular flexibility index (Phi) is 6.97. The van der Waals surface area contributed by atoms with Gasteiger partial charge in [0, 0.05) is 0 Å². The molecule has 0 bridgehead atoms. The van der Waals surface area contributed by atoms with Crippen LogP contribution in [0.15, 0.2) is 0 Å². The van der Waals surface area contributed by atoms with E-state index < -0.39 is 24.7 Å². The first-order chi connectivity index (χ1) is 5.37. The van der Waals surface area contributed by atoms with Gasteiger partial charge in [-0.15, -0.1) is 12.4 Å². The van der Waals surface area contributed by atoms with Crippen LogP contribution in [-0.4, -0.2) is 31.7 Å². The molecule has 2 N–H and O–H groups in total. The van der Waals surface area contributed by atoms with Crippen molar-refractivity contribution in [3.63, 3.8) is 0 Å². The van der Waals surface area contributed by atoms with Crippen LogP contribution in [0.1, 0.15) is 6.92 Å². The highest BCUT2D eigenvalue weighted by Crippen LogP contribution is 2.11. The van der Waals surface area contributed by atoms with Crippen LogP contribution in [0, 0.1) is 0 Å². The van der Waals surface area contributed by atoms with E-state index in [1.807, 2.05) is 0 Å². The molecule has 1 unspecified atom stereocenters. The third-order valence-corrected chi connectivity index (χ3v) is 1.29. The number of hydrogen-bond acceptors (Lipinski definition) is 2. The van der Waals surface area contributed by atoms with Gasteiger partial charge in [-0.3, -0.25) is 4.79 Å². The van der Waals surface area contributed by atoms with Crippen molar-refractivity contribution in [1.29, 1.82) is 0 Å². The van der Waals surface area contributed by atoms with E-state index in [4.69, 9.17) is 0 Å². The monoisotopic (exact) mass is 220 g/mol. The highest BCUT2D eigenvalue weighted by Gasteiger charge is 2.28. The molecule has 13 heavy (non-hydrogen) atoms. The molecule has 0 heterocycles. The minimum absolute atomic E-state index is 0. The first-order valence-electron chi connectivity index (χ1n) is 3.38. The zero-order chi connectivity index (χ0) is 9.78. The topological polar surface area (TPSA) is 41.1 Å². The summed E-state index contributed by atoms with van der Waals surface area (Å²) in [6.07, 6.45) is -4.34. The highest BCUT2D eigenvalue weighted by atomic mass is 35.5. The second-order valence-corrected chi connectivity index (χ2v) is 2.34. The van der Waals surface area contributed by atoms with E-state index in [-0.39, 0.29) is 12.4 Å². The van der Waals surface area contributed by atoms with Crippen LogP contribution in [-0.2, 0) is 4.79 Å². The zero-order valence-corrected chi connectivity index (χ0v) is 8.05. The third kappa shape index (κ3) is 7.86. The van der Waals surface area contributed by atoms with Crippen molar-refractivity contribution >= 4 is 18.3 Å². The highest BCUT2D eigenvalue weighted by molar-refractivity contribution is 5.85. The summed E-state index contributed by atoms with van der Waals surface area (Å²) in [5.41, 5.74) is 0. The van der Waals surface area contributed by atoms with Gasteiger partial charge in [0.05, 0.1) is 6.04 Å². The fraction of sp³-hybridized carbons (Fsp3) is 0.833. The van der Waals surface area contributed by atoms with Crippen LogP contribution in [0.5, 0.6) is 0 Å². The summed E-state index contributed by atoms with van der Waals surface area (Å²) in [5, 5.41) is 4.27. The van der Waals surface area contributed by atoms with Gasteiger partial charge >= 0.3 is 6.18 Å². The number of amides is 1. The van der Waals surface area contributed by atoms with Gasteiger partial charge in [0.15, 0.2) is 0 Å². The van der Waals surface area contributed by atoms with E-state index in [9.17, 15) is 18.0 Å². The lowest BCUT2D eigenvalue weighted by Gasteiger charge is -2.12. The number of alkyl halides is 3. The molecule has 1 atom stereocenters. The van der Waals surface area contributed by atoms with E-state index in [2.05, 4.69) is 5.32 Å². The molecule has 0 spiro atoms. The van der Waals surface area contributed by atoms with Gasteiger partial charge in [0.2, 0.25) is 5.91 Å². The van der Waals surface area contributed by atoms with E-state index in [0.29, 0.717) is 0 Å². The summed E-state index contributed by atoms with van der Waals surface area (Å²) in [6, 6.07) is -0.604. The predicted molar refractivity (Wildman–Crippen MR) is 44.8 cm³/mol. The lowest BCUT2D eigenvalue weighted by Crippen LogP contribution is -2.43. The number of likely N-dealkylation sites (N-methyl/N-ethyl adjacent to an activating group) is 1. The second kappa shape index (κ2) is 6.04. The van der Waals surface area contributed by atoms with E-state index in [0.717, 1.165) is 0 Å². The van der Waals surface area contributed by atoms with Crippen molar-refractivity contribution in [3.05, 3.63) is 0 Å². The molecule has 0 rings (SSSR count). The summed E-state index contributed by atoms with van der Waals surface area (Å²) in [7, 11) is 1.50. The van der Waals surface area contributed by atoms with Crippen LogP contribution >= 0.6 is 12.4 Å². The van der Waals surface area contributed by atoms with Crippen molar-refractivity contribution in [2.24, 2.45) is 0 Å². The fourth-order valence-corrected chi connectivity index (χ4v) is 0.472. The summed E-state index contributed by atoms with van der Waals surface area (Å²) in [4.78, 5) is 10.7. The van der Waals surface area contributed by atoms with Crippen LogP contribution in [0.25, 0.3) is 0 Å². The molecular weight excluding hydrogens is 209 g/mol. The SMILES string of the molecule is CNC(C)C(=O)NCC(F)(F)F.Cl. The summed E-state index contributed by atoms with van der Waals surface area (Å²) >= 11 is 0. The second-order valence-electron chi connectivity index (χ2n) is 2.34. The third-order valence-electron chi connectivity index (χ3n) is 1.29. The fourth-order valence-electron chi connectivity index (χ4n) is 0.472. The van der Waals surface area contributed by atoms with Gasteiger partial charge in [0.1, 0.15) is 6.54 Å². The molecule has 7 heteroatoms. The van der Waals surface area contributed by atoms with Crippen LogP contribution in [0.3, 0.4) is 0 Å². The molecule has 0 fully saturated rings. The molecular formula is C6H12ClF3N2O. The molecule has 0 aliphatic rings. The first-order valence-corrected chi connectivity index (χ1v) is 3.38. The van der Waals surface area contributed by atoms with Gasteiger partial charge in [-0.2, -0.15) is 13.2 Å². The smallest absolute Gasteiger partial charge is 0.346 e. The average Bonchev–Trinajstić information content (AvgIpc) is 1.97. The standard InChI is InChI=1S/C6H11F3N2O.ClH/c1-4(10-2)5(12)11-3-6(7,8)9;/h4,10H,3H2,1-2H3,(H,11,12);1H. The Morgan fingerprint density at radius 2 is 1.92 bits per heavy atom. The van der Waals surface area contributed by atoms with E-state index >= 15 is 0 Å². The molecule has 0 aliphatic carbocycles. The van der Waals surface area contributed by atoms with Gasteiger partial charge in [-0.25, -0.2) is 0 Å². The van der Waals surface area contributed by atoms with Crippen molar-refractivity contribution in [1.82, 2.24) is 10.6 Å². The van der Waals surface area contributed by atoms with Crippen molar-refractivity contribution in [3.8, 4) is 0 Å². The molecule has 0 saturated carbocycles. The van der Waals surface area contributed by atoms with Crippen LogP contribution < -0.4 is 10.6 Å². The molecule has 1 amide bonds. The first kappa shape index (κ1) is 15.0. The molecule has 0 aromatic rings. The Morgan fingerprint density at radius 3 is 2.23 bits per heavy atom. The van der Waals surface area contributed by atoms with Gasteiger partial charge in [0.25, 0.3) is 0 Å². The molecule has 80 valence electrons. The minimum atomic E-state index is -4.34. The summed E-state index contributed by atoms with van der Waals surface area (Å²) in [6.45, 7) is 0.198. The lowest BCUT2D eigenvalue weighted by molar-refractivity contribution is -0.139. The molecule has 3 nitrogen and oxygen atoms in total. The van der Waals surface area contributed by atoms with Crippen molar-refractivity contribution in [2.75, 3.05) is 13.6 Å². The Balaban J connectivity index is 0.